The Labute approximate surface area is 217 Å². The SMILES string of the molecule is CC(C)c1[nH]nc(OC2O[C@H](CO)[C@@H](O)[C@H](O)[C@H]2O)c1Cc1ccccc1OCc1cccc(Br)c1. The Morgan fingerprint density at radius 2 is 1.83 bits per heavy atom. The molecule has 194 valence electrons. The van der Waals surface area contributed by atoms with Crippen molar-refractivity contribution in [1.29, 1.82) is 0 Å². The molecule has 2 aromatic carbocycles. The second-order valence-electron chi connectivity index (χ2n) is 9.09. The highest BCUT2D eigenvalue weighted by Crippen LogP contribution is 2.33. The number of aromatic nitrogens is 2. The van der Waals surface area contributed by atoms with E-state index in [1.54, 1.807) is 0 Å². The van der Waals surface area contributed by atoms with Gasteiger partial charge in [0.25, 0.3) is 0 Å². The number of ether oxygens (including phenoxy) is 3. The summed E-state index contributed by atoms with van der Waals surface area (Å²) in [6.45, 7) is 3.89. The zero-order chi connectivity index (χ0) is 25.8. The molecule has 1 aliphatic heterocycles. The van der Waals surface area contributed by atoms with Crippen LogP contribution in [0.25, 0.3) is 0 Å². The quantitative estimate of drug-likeness (QED) is 0.268. The molecule has 0 amide bonds. The van der Waals surface area contributed by atoms with Crippen molar-refractivity contribution >= 4 is 15.9 Å². The molecule has 1 saturated heterocycles. The summed E-state index contributed by atoms with van der Waals surface area (Å²) in [4.78, 5) is 0. The molecule has 10 heteroatoms. The molecule has 0 spiro atoms. The van der Waals surface area contributed by atoms with E-state index in [0.29, 0.717) is 18.8 Å². The number of H-pyrrole nitrogens is 1. The number of benzene rings is 2. The summed E-state index contributed by atoms with van der Waals surface area (Å²) in [5, 5.41) is 47.4. The monoisotopic (exact) mass is 562 g/mol. The first-order valence-corrected chi connectivity index (χ1v) is 12.6. The zero-order valence-corrected chi connectivity index (χ0v) is 21.6. The topological polar surface area (TPSA) is 137 Å². The third-order valence-electron chi connectivity index (χ3n) is 6.14. The Balaban J connectivity index is 1.57. The van der Waals surface area contributed by atoms with E-state index < -0.39 is 37.3 Å². The standard InChI is InChI=1S/C26H31BrN2O7/c1-14(2)21-18(25(29-28-21)36-26-24(33)23(32)22(31)20(12-30)35-26)11-16-7-3-4-9-19(16)34-13-15-6-5-8-17(27)10-15/h3-10,14,20,22-24,26,30-33H,11-13H2,1-2H3,(H,28,29)/t20-,22-,23+,24-,26?/m1/s1. The predicted molar refractivity (Wildman–Crippen MR) is 135 cm³/mol. The van der Waals surface area contributed by atoms with Gasteiger partial charge in [-0.15, -0.1) is 5.10 Å². The third-order valence-corrected chi connectivity index (χ3v) is 6.63. The summed E-state index contributed by atoms with van der Waals surface area (Å²) in [5.41, 5.74) is 3.53. The van der Waals surface area contributed by atoms with Crippen molar-refractivity contribution in [3.8, 4) is 11.6 Å². The first-order chi connectivity index (χ1) is 17.3. The summed E-state index contributed by atoms with van der Waals surface area (Å²) in [7, 11) is 0. The summed E-state index contributed by atoms with van der Waals surface area (Å²) in [6.07, 6.45) is -6.52. The maximum absolute atomic E-state index is 10.4. The van der Waals surface area contributed by atoms with Crippen LogP contribution in [0.2, 0.25) is 0 Å². The highest BCUT2D eigenvalue weighted by atomic mass is 79.9. The van der Waals surface area contributed by atoms with Gasteiger partial charge in [-0.05, 0) is 35.2 Å². The number of hydrogen-bond donors (Lipinski definition) is 5. The number of halogens is 1. The van der Waals surface area contributed by atoms with E-state index in [-0.39, 0.29) is 11.8 Å². The van der Waals surface area contributed by atoms with E-state index in [1.165, 1.54) is 0 Å². The number of nitrogens with zero attached hydrogens (tertiary/aromatic N) is 1. The number of rotatable bonds is 9. The zero-order valence-electron chi connectivity index (χ0n) is 20.0. The van der Waals surface area contributed by atoms with E-state index in [9.17, 15) is 20.4 Å². The van der Waals surface area contributed by atoms with Gasteiger partial charge in [-0.2, -0.15) is 0 Å². The molecule has 4 rings (SSSR count). The average Bonchev–Trinajstić information content (AvgIpc) is 3.26. The van der Waals surface area contributed by atoms with Crippen LogP contribution in [0.1, 0.15) is 42.1 Å². The van der Waals surface area contributed by atoms with Crippen LogP contribution in [0.4, 0.5) is 0 Å². The molecule has 1 aromatic heterocycles. The van der Waals surface area contributed by atoms with Crippen molar-refractivity contribution < 1.29 is 34.6 Å². The normalized spacial score (nSPS) is 24.2. The van der Waals surface area contributed by atoms with Gasteiger partial charge < -0.3 is 34.6 Å². The Morgan fingerprint density at radius 3 is 2.56 bits per heavy atom. The van der Waals surface area contributed by atoms with Crippen LogP contribution in [-0.2, 0) is 17.8 Å². The molecule has 1 aliphatic rings. The van der Waals surface area contributed by atoms with Gasteiger partial charge in [-0.1, -0.05) is 60.1 Å². The molecule has 0 bridgehead atoms. The molecule has 2 heterocycles. The molecule has 5 N–H and O–H groups in total. The van der Waals surface area contributed by atoms with E-state index in [2.05, 4.69) is 26.1 Å². The third kappa shape index (κ3) is 5.91. The van der Waals surface area contributed by atoms with Gasteiger partial charge in [0.2, 0.25) is 12.2 Å². The van der Waals surface area contributed by atoms with Crippen molar-refractivity contribution in [2.24, 2.45) is 0 Å². The summed E-state index contributed by atoms with van der Waals surface area (Å²) < 4.78 is 18.5. The Hall–Kier alpha value is -2.47. The number of para-hydroxylation sites is 1. The lowest BCUT2D eigenvalue weighted by Gasteiger charge is -2.39. The highest BCUT2D eigenvalue weighted by molar-refractivity contribution is 9.10. The lowest BCUT2D eigenvalue weighted by molar-refractivity contribution is -0.278. The van der Waals surface area contributed by atoms with Crippen LogP contribution < -0.4 is 9.47 Å². The minimum atomic E-state index is -1.54. The van der Waals surface area contributed by atoms with Gasteiger partial charge in [-0.25, -0.2) is 0 Å². The molecule has 0 radical (unpaired) electrons. The maximum Gasteiger partial charge on any atom is 0.238 e. The van der Waals surface area contributed by atoms with Crippen molar-refractivity contribution in [2.45, 2.75) is 63.5 Å². The first kappa shape index (κ1) is 26.6. The summed E-state index contributed by atoms with van der Waals surface area (Å²) in [5.74, 6) is 1.01. The average molecular weight is 563 g/mol. The lowest BCUT2D eigenvalue weighted by Crippen LogP contribution is -2.60. The summed E-state index contributed by atoms with van der Waals surface area (Å²) in [6, 6.07) is 15.6. The van der Waals surface area contributed by atoms with Crippen molar-refractivity contribution in [1.82, 2.24) is 10.2 Å². The Morgan fingerprint density at radius 1 is 1.06 bits per heavy atom. The number of aliphatic hydroxyl groups excluding tert-OH is 4. The molecular formula is C26H31BrN2O7. The fourth-order valence-corrected chi connectivity index (χ4v) is 4.60. The molecular weight excluding hydrogens is 532 g/mol. The fraction of sp³-hybridized carbons (Fsp3) is 0.423. The summed E-state index contributed by atoms with van der Waals surface area (Å²) >= 11 is 3.48. The molecule has 36 heavy (non-hydrogen) atoms. The smallest absolute Gasteiger partial charge is 0.238 e. The molecule has 9 nitrogen and oxygen atoms in total. The highest BCUT2D eigenvalue weighted by Gasteiger charge is 2.45. The largest absolute Gasteiger partial charge is 0.489 e. The fourth-order valence-electron chi connectivity index (χ4n) is 4.15. The van der Waals surface area contributed by atoms with Gasteiger partial charge in [0.1, 0.15) is 36.8 Å². The number of aliphatic hydroxyl groups is 4. The van der Waals surface area contributed by atoms with E-state index in [0.717, 1.165) is 26.9 Å². The minimum Gasteiger partial charge on any atom is -0.489 e. The number of aromatic amines is 1. The van der Waals surface area contributed by atoms with Crippen LogP contribution in [0.15, 0.2) is 53.0 Å². The van der Waals surface area contributed by atoms with Crippen LogP contribution in [0, 0.1) is 0 Å². The van der Waals surface area contributed by atoms with Crippen molar-refractivity contribution in [2.75, 3.05) is 6.61 Å². The van der Waals surface area contributed by atoms with Crippen LogP contribution in [0.3, 0.4) is 0 Å². The van der Waals surface area contributed by atoms with Crippen LogP contribution in [-0.4, -0.2) is 67.9 Å². The number of nitrogens with one attached hydrogen (secondary N) is 1. The van der Waals surface area contributed by atoms with Crippen molar-refractivity contribution in [3.05, 3.63) is 75.4 Å². The first-order valence-electron chi connectivity index (χ1n) is 11.8. The molecule has 0 aliphatic carbocycles. The predicted octanol–water partition coefficient (Wildman–Crippen LogP) is 2.64. The Bertz CT molecular complexity index is 1150. The van der Waals surface area contributed by atoms with E-state index in [1.807, 2.05) is 62.4 Å². The molecule has 5 atom stereocenters. The molecule has 0 saturated carbocycles. The van der Waals surface area contributed by atoms with E-state index in [4.69, 9.17) is 14.2 Å². The second kappa shape index (κ2) is 11.7. The van der Waals surface area contributed by atoms with Gasteiger partial charge >= 0.3 is 0 Å². The lowest BCUT2D eigenvalue weighted by atomic mass is 9.98. The molecule has 1 fully saturated rings. The van der Waals surface area contributed by atoms with Gasteiger partial charge in [0.15, 0.2) is 0 Å². The van der Waals surface area contributed by atoms with E-state index >= 15 is 0 Å². The minimum absolute atomic E-state index is 0.0920. The Kier molecular flexibility index (Phi) is 8.66. The van der Waals surface area contributed by atoms with Gasteiger partial charge in [0.05, 0.1) is 6.61 Å². The van der Waals surface area contributed by atoms with Gasteiger partial charge in [0, 0.05) is 22.2 Å². The van der Waals surface area contributed by atoms with Crippen LogP contribution >= 0.6 is 15.9 Å². The second-order valence-corrected chi connectivity index (χ2v) is 10.0. The molecule has 3 aromatic rings. The van der Waals surface area contributed by atoms with Gasteiger partial charge in [-0.3, -0.25) is 5.10 Å². The molecule has 1 unspecified atom stereocenters. The maximum atomic E-state index is 10.4. The van der Waals surface area contributed by atoms with Crippen LogP contribution in [0.5, 0.6) is 11.6 Å². The number of hydrogen-bond acceptors (Lipinski definition) is 8. The van der Waals surface area contributed by atoms with Crippen molar-refractivity contribution in [3.63, 3.8) is 0 Å².